The van der Waals surface area contributed by atoms with Crippen LogP contribution in [0.3, 0.4) is 0 Å². The third-order valence-corrected chi connectivity index (χ3v) is 12.9. The third kappa shape index (κ3) is 3.45. The maximum atomic E-state index is 14.4. The minimum absolute atomic E-state index is 0.0203. The number of carbonyl (C=O) groups excluding carboxylic acids is 3. The molecular formula is C33H48O5. The van der Waals surface area contributed by atoms with Crippen molar-refractivity contribution >= 4 is 17.7 Å². The number of esters is 2. The molecule has 5 aliphatic carbocycles. The summed E-state index contributed by atoms with van der Waals surface area (Å²) in [5, 5.41) is 0. The van der Waals surface area contributed by atoms with Gasteiger partial charge in [0.05, 0.1) is 12.5 Å². The number of fused-ring (bicyclic) bond motifs is 7. The highest BCUT2D eigenvalue weighted by molar-refractivity contribution is 5.96. The summed E-state index contributed by atoms with van der Waals surface area (Å²) in [5.74, 6) is 0.0844. The minimum atomic E-state index is -0.660. The van der Waals surface area contributed by atoms with Gasteiger partial charge in [-0.15, -0.1) is 0 Å². The van der Waals surface area contributed by atoms with Crippen molar-refractivity contribution in [1.82, 2.24) is 0 Å². The second kappa shape index (κ2) is 8.30. The lowest BCUT2D eigenvalue weighted by atomic mass is 9.34. The molecule has 0 aromatic rings. The van der Waals surface area contributed by atoms with Gasteiger partial charge in [0.1, 0.15) is 6.10 Å². The van der Waals surface area contributed by atoms with Gasteiger partial charge in [-0.3, -0.25) is 14.4 Å². The Labute approximate surface area is 229 Å². The van der Waals surface area contributed by atoms with Gasteiger partial charge in [-0.1, -0.05) is 47.6 Å². The smallest absolute Gasteiger partial charge is 0.315 e. The number of ketones is 1. The molecule has 5 aliphatic rings. The molecule has 0 unspecified atom stereocenters. The zero-order valence-corrected chi connectivity index (χ0v) is 25.1. The molecule has 0 N–H and O–H groups in total. The summed E-state index contributed by atoms with van der Waals surface area (Å²) in [7, 11) is 1.47. The molecule has 8 atom stereocenters. The standard InChI is InChI=1S/C33H48O5/c1-20(34)38-25-11-12-31(6)24(28(25,2)3)10-13-33(8)26(31)23(35)18-21-22-19-30(5,27(36)37-9)15-14-29(22,4)16-17-32(21,33)7/h18-19,24-26H,10-17H2,1-9H3/t24-,25-,26+,29+,30-,31-,32+,33+/m0/s1. The molecule has 38 heavy (non-hydrogen) atoms. The van der Waals surface area contributed by atoms with Crippen LogP contribution in [0.25, 0.3) is 0 Å². The van der Waals surface area contributed by atoms with E-state index in [1.165, 1.54) is 25.2 Å². The van der Waals surface area contributed by atoms with Crippen LogP contribution in [-0.4, -0.2) is 30.9 Å². The maximum absolute atomic E-state index is 14.4. The highest BCUT2D eigenvalue weighted by Crippen LogP contribution is 2.74. The van der Waals surface area contributed by atoms with Gasteiger partial charge in [0.25, 0.3) is 0 Å². The topological polar surface area (TPSA) is 69.7 Å². The molecule has 5 rings (SSSR count). The lowest BCUT2D eigenvalue weighted by Gasteiger charge is -2.69. The van der Waals surface area contributed by atoms with Crippen LogP contribution in [0.4, 0.5) is 0 Å². The molecule has 0 radical (unpaired) electrons. The van der Waals surface area contributed by atoms with E-state index in [2.05, 4.69) is 47.6 Å². The summed E-state index contributed by atoms with van der Waals surface area (Å²) in [6.07, 6.45) is 11.6. The number of rotatable bonds is 2. The van der Waals surface area contributed by atoms with Crippen LogP contribution in [0.1, 0.15) is 107 Å². The van der Waals surface area contributed by atoms with Crippen LogP contribution in [0, 0.1) is 44.3 Å². The van der Waals surface area contributed by atoms with Crippen molar-refractivity contribution in [1.29, 1.82) is 0 Å². The van der Waals surface area contributed by atoms with E-state index >= 15 is 0 Å². The third-order valence-electron chi connectivity index (χ3n) is 12.9. The fourth-order valence-electron chi connectivity index (χ4n) is 10.4. The monoisotopic (exact) mass is 524 g/mol. The van der Waals surface area contributed by atoms with E-state index in [1.54, 1.807) is 0 Å². The van der Waals surface area contributed by atoms with Crippen molar-refractivity contribution in [3.8, 4) is 0 Å². The van der Waals surface area contributed by atoms with Crippen LogP contribution in [0.2, 0.25) is 0 Å². The van der Waals surface area contributed by atoms with E-state index in [4.69, 9.17) is 9.47 Å². The van der Waals surface area contributed by atoms with Crippen molar-refractivity contribution in [2.45, 2.75) is 113 Å². The second-order valence-corrected chi connectivity index (χ2v) is 15.2. The molecular weight excluding hydrogens is 476 g/mol. The Bertz CT molecular complexity index is 1150. The Morgan fingerprint density at radius 3 is 2.16 bits per heavy atom. The molecule has 5 heteroatoms. The summed E-state index contributed by atoms with van der Waals surface area (Å²) >= 11 is 0. The van der Waals surface area contributed by atoms with E-state index < -0.39 is 5.41 Å². The largest absolute Gasteiger partial charge is 0.468 e. The van der Waals surface area contributed by atoms with Gasteiger partial charge in [0.2, 0.25) is 0 Å². The van der Waals surface area contributed by atoms with E-state index in [0.717, 1.165) is 51.4 Å². The Balaban J connectivity index is 1.62. The first-order chi connectivity index (χ1) is 17.5. The van der Waals surface area contributed by atoms with E-state index in [1.807, 2.05) is 13.0 Å². The summed E-state index contributed by atoms with van der Waals surface area (Å²) in [5.41, 5.74) is 1.05. The Hall–Kier alpha value is -1.91. The van der Waals surface area contributed by atoms with Gasteiger partial charge in [0.15, 0.2) is 5.78 Å². The van der Waals surface area contributed by atoms with Gasteiger partial charge in [-0.05, 0) is 103 Å². The minimum Gasteiger partial charge on any atom is -0.468 e. The summed E-state index contributed by atoms with van der Waals surface area (Å²) < 4.78 is 11.0. The van der Waals surface area contributed by atoms with Crippen LogP contribution in [0.15, 0.2) is 23.3 Å². The summed E-state index contributed by atoms with van der Waals surface area (Å²) in [6, 6.07) is 0. The molecule has 0 aromatic heterocycles. The van der Waals surface area contributed by atoms with Crippen molar-refractivity contribution in [2.75, 3.05) is 7.11 Å². The zero-order chi connectivity index (χ0) is 28.1. The number of hydrogen-bond acceptors (Lipinski definition) is 5. The Kier molecular flexibility index (Phi) is 6.04. The maximum Gasteiger partial charge on any atom is 0.315 e. The average Bonchev–Trinajstić information content (AvgIpc) is 2.82. The quantitative estimate of drug-likeness (QED) is 0.364. The number of carbonyl (C=O) groups is 3. The van der Waals surface area contributed by atoms with Crippen LogP contribution in [0.5, 0.6) is 0 Å². The number of ether oxygens (including phenoxy) is 2. The van der Waals surface area contributed by atoms with Crippen molar-refractivity contribution in [3.05, 3.63) is 23.3 Å². The Morgan fingerprint density at radius 1 is 0.868 bits per heavy atom. The lowest BCUT2D eigenvalue weighted by molar-refractivity contribution is -0.206. The van der Waals surface area contributed by atoms with E-state index in [0.29, 0.717) is 5.92 Å². The van der Waals surface area contributed by atoms with Crippen LogP contribution >= 0.6 is 0 Å². The van der Waals surface area contributed by atoms with Crippen molar-refractivity contribution in [2.24, 2.45) is 44.3 Å². The van der Waals surface area contributed by atoms with E-state index in [-0.39, 0.29) is 56.8 Å². The first-order valence-corrected chi connectivity index (χ1v) is 14.7. The number of methoxy groups -OCH3 is 1. The Morgan fingerprint density at radius 2 is 1.53 bits per heavy atom. The van der Waals surface area contributed by atoms with Gasteiger partial charge < -0.3 is 9.47 Å². The molecule has 0 spiro atoms. The van der Waals surface area contributed by atoms with Gasteiger partial charge in [-0.2, -0.15) is 0 Å². The first-order valence-electron chi connectivity index (χ1n) is 14.7. The van der Waals surface area contributed by atoms with Gasteiger partial charge >= 0.3 is 11.9 Å². The summed E-state index contributed by atoms with van der Waals surface area (Å²) in [4.78, 5) is 39.1. The fraction of sp³-hybridized carbons (Fsp3) is 0.788. The van der Waals surface area contributed by atoms with Gasteiger partial charge in [-0.25, -0.2) is 0 Å². The van der Waals surface area contributed by atoms with Crippen LogP contribution < -0.4 is 0 Å². The predicted octanol–water partition coefficient (Wildman–Crippen LogP) is 6.99. The molecule has 0 bridgehead atoms. The molecule has 0 heterocycles. The summed E-state index contributed by atoms with van der Waals surface area (Å²) in [6.45, 7) is 17.5. The molecule has 0 aliphatic heterocycles. The van der Waals surface area contributed by atoms with Crippen LogP contribution in [-0.2, 0) is 23.9 Å². The first kappa shape index (κ1) is 27.6. The molecule has 0 aromatic carbocycles. The van der Waals surface area contributed by atoms with Crippen molar-refractivity contribution in [3.63, 3.8) is 0 Å². The normalized spacial score (nSPS) is 47.3. The molecule has 3 saturated carbocycles. The predicted molar refractivity (Wildman–Crippen MR) is 147 cm³/mol. The molecule has 0 amide bonds. The fourth-order valence-corrected chi connectivity index (χ4v) is 10.4. The molecule has 5 nitrogen and oxygen atoms in total. The molecule has 3 fully saturated rings. The van der Waals surface area contributed by atoms with Crippen molar-refractivity contribution < 1.29 is 23.9 Å². The lowest BCUT2D eigenvalue weighted by Crippen LogP contribution is -2.66. The number of allylic oxidation sites excluding steroid dienone is 3. The van der Waals surface area contributed by atoms with E-state index in [9.17, 15) is 14.4 Å². The molecule has 0 saturated heterocycles. The highest BCUT2D eigenvalue weighted by atomic mass is 16.5. The average molecular weight is 525 g/mol. The number of hydrogen-bond donors (Lipinski definition) is 0. The highest BCUT2D eigenvalue weighted by Gasteiger charge is 2.69. The van der Waals surface area contributed by atoms with Gasteiger partial charge in [0, 0.05) is 18.3 Å². The second-order valence-electron chi connectivity index (χ2n) is 15.2. The molecule has 210 valence electrons. The SMILES string of the molecule is COC(=O)[C@]1(C)C=C2C3=CC(=O)[C@@H]4[C@@]5(C)CC[C@H](OC(C)=O)C(C)(C)[C@@H]5CC[C@@]4(C)[C@]3(C)CC[C@@]2(C)CC1. The zero-order valence-electron chi connectivity index (χ0n) is 25.1.